The van der Waals surface area contributed by atoms with Crippen LogP contribution in [0.3, 0.4) is 0 Å². The lowest BCUT2D eigenvalue weighted by atomic mass is 10.1. The molecule has 4 rings (SSSR count). The molecule has 0 saturated carbocycles. The van der Waals surface area contributed by atoms with Crippen LogP contribution in [-0.2, 0) is 0 Å². The Balaban J connectivity index is 1.53. The van der Waals surface area contributed by atoms with E-state index < -0.39 is 0 Å². The molecule has 0 spiro atoms. The average Bonchev–Trinajstić information content (AvgIpc) is 3.34. The number of nitrogens with two attached hydrogens (primary N) is 1. The second kappa shape index (κ2) is 9.83. The number of nitriles is 1. The third-order valence-electron chi connectivity index (χ3n) is 5.90. The first-order chi connectivity index (χ1) is 15.5. The van der Waals surface area contributed by atoms with Crippen LogP contribution in [0.5, 0.6) is 0 Å². The first kappa shape index (κ1) is 21.8. The maximum Gasteiger partial charge on any atom is 0.184 e. The Labute approximate surface area is 192 Å². The molecule has 2 aromatic carbocycles. The van der Waals surface area contributed by atoms with Crippen molar-refractivity contribution in [3.8, 4) is 6.07 Å². The molecule has 3 N–H and O–H groups in total. The zero-order valence-corrected chi connectivity index (χ0v) is 18.6. The highest BCUT2D eigenvalue weighted by Gasteiger charge is 2.23. The summed E-state index contributed by atoms with van der Waals surface area (Å²) in [6.45, 7) is 4.89. The summed E-state index contributed by atoms with van der Waals surface area (Å²) in [4.78, 5) is 6.64. The molecule has 0 bridgehead atoms. The number of nitrogens with zero attached hydrogens (tertiary/aromatic N) is 5. The van der Waals surface area contributed by atoms with E-state index >= 15 is 4.39 Å². The summed E-state index contributed by atoms with van der Waals surface area (Å²) < 4.78 is 15.2. The number of nitrogens with one attached hydrogen (secondary N) is 1. The first-order valence-electron chi connectivity index (χ1n) is 10.7. The summed E-state index contributed by atoms with van der Waals surface area (Å²) in [5.74, 6) is -0.267. The van der Waals surface area contributed by atoms with Crippen LogP contribution >= 0.6 is 12.2 Å². The fourth-order valence-corrected chi connectivity index (χ4v) is 4.31. The fraction of sp³-hybridized carbons (Fsp3) is 0.348. The topological polar surface area (TPSA) is 83.9 Å². The number of hydrogen-bond acceptors (Lipinski definition) is 6. The largest absolute Gasteiger partial charge is 0.375 e. The molecular formula is C23H26FN7S. The molecule has 32 heavy (non-hydrogen) atoms. The van der Waals surface area contributed by atoms with Gasteiger partial charge in [0.1, 0.15) is 5.82 Å². The summed E-state index contributed by atoms with van der Waals surface area (Å²) in [6.07, 6.45) is 3.82. The van der Waals surface area contributed by atoms with Crippen molar-refractivity contribution >= 4 is 40.6 Å². The predicted molar refractivity (Wildman–Crippen MR) is 131 cm³/mol. The third-order valence-corrected chi connectivity index (χ3v) is 5.99. The van der Waals surface area contributed by atoms with Gasteiger partial charge in [-0.05, 0) is 61.5 Å². The molecule has 2 aliphatic rings. The van der Waals surface area contributed by atoms with Gasteiger partial charge in [-0.2, -0.15) is 10.4 Å². The molecule has 2 aromatic rings. The maximum atomic E-state index is 15.2. The molecule has 0 unspecified atom stereocenters. The minimum atomic E-state index is -0.267. The van der Waals surface area contributed by atoms with Gasteiger partial charge in [-0.1, -0.05) is 0 Å². The normalized spacial score (nSPS) is 16.4. The summed E-state index contributed by atoms with van der Waals surface area (Å²) in [5, 5.41) is 13.1. The first-order valence-corrected chi connectivity index (χ1v) is 11.1. The van der Waals surface area contributed by atoms with E-state index in [9.17, 15) is 0 Å². The molecule has 9 heteroatoms. The number of piperazine rings is 1. The minimum Gasteiger partial charge on any atom is -0.375 e. The van der Waals surface area contributed by atoms with E-state index in [1.807, 2.05) is 30.3 Å². The lowest BCUT2D eigenvalue weighted by Crippen LogP contribution is -2.46. The van der Waals surface area contributed by atoms with E-state index in [0.29, 0.717) is 29.9 Å². The smallest absolute Gasteiger partial charge is 0.184 e. The van der Waals surface area contributed by atoms with Crippen LogP contribution in [0.15, 0.2) is 41.5 Å². The Morgan fingerprint density at radius 3 is 2.25 bits per heavy atom. The molecule has 0 amide bonds. The van der Waals surface area contributed by atoms with Crippen molar-refractivity contribution in [2.75, 3.05) is 54.0 Å². The van der Waals surface area contributed by atoms with Crippen molar-refractivity contribution in [2.45, 2.75) is 12.8 Å². The molecule has 2 heterocycles. The van der Waals surface area contributed by atoms with Crippen molar-refractivity contribution in [3.05, 3.63) is 53.3 Å². The van der Waals surface area contributed by atoms with Crippen LogP contribution in [0.2, 0.25) is 0 Å². The molecule has 7 nitrogen and oxygen atoms in total. The predicted octanol–water partition coefficient (Wildman–Crippen LogP) is 2.79. The third kappa shape index (κ3) is 4.92. The monoisotopic (exact) mass is 451 g/mol. The van der Waals surface area contributed by atoms with Crippen molar-refractivity contribution in [1.82, 2.24) is 5.43 Å². The molecule has 166 valence electrons. The van der Waals surface area contributed by atoms with Crippen LogP contribution in [0.4, 0.5) is 21.5 Å². The molecule has 0 radical (unpaired) electrons. The van der Waals surface area contributed by atoms with Crippen LogP contribution in [0.25, 0.3) is 0 Å². The molecule has 0 aromatic heterocycles. The van der Waals surface area contributed by atoms with E-state index in [4.69, 9.17) is 23.2 Å². The van der Waals surface area contributed by atoms with E-state index in [1.165, 1.54) is 0 Å². The molecule has 0 atom stereocenters. The van der Waals surface area contributed by atoms with Gasteiger partial charge in [-0.3, -0.25) is 5.43 Å². The fourth-order valence-electron chi connectivity index (χ4n) is 4.26. The number of thiocarbonyl (C=S) groups is 1. The van der Waals surface area contributed by atoms with Gasteiger partial charge in [0.15, 0.2) is 5.11 Å². The second-order valence-corrected chi connectivity index (χ2v) is 8.36. The van der Waals surface area contributed by atoms with Gasteiger partial charge in [0.2, 0.25) is 0 Å². The standard InChI is InChI=1S/C23H26FN7S/c24-20-13-18(16-27-28-23(26)32)21(30-7-1-2-8-30)14-22(20)31-11-9-29(10-12-31)19-5-3-17(15-25)4-6-19/h3-6,13-14,16H,1-2,7-12H2,(H3,26,28,32)/b27-16+. The molecule has 2 saturated heterocycles. The lowest BCUT2D eigenvalue weighted by molar-refractivity contribution is 0.597. The Hall–Kier alpha value is -3.38. The van der Waals surface area contributed by atoms with Gasteiger partial charge in [-0.15, -0.1) is 0 Å². The van der Waals surface area contributed by atoms with Gasteiger partial charge in [0.25, 0.3) is 0 Å². The summed E-state index contributed by atoms with van der Waals surface area (Å²) in [7, 11) is 0. The zero-order valence-electron chi connectivity index (χ0n) is 17.8. The number of anilines is 3. The van der Waals surface area contributed by atoms with Gasteiger partial charge in [0.05, 0.1) is 23.5 Å². The molecular weight excluding hydrogens is 425 g/mol. The number of rotatable bonds is 5. The van der Waals surface area contributed by atoms with Crippen molar-refractivity contribution < 1.29 is 4.39 Å². The summed E-state index contributed by atoms with van der Waals surface area (Å²) in [6, 6.07) is 13.2. The maximum absolute atomic E-state index is 15.2. The van der Waals surface area contributed by atoms with E-state index in [0.717, 1.165) is 50.4 Å². The Morgan fingerprint density at radius 2 is 1.62 bits per heavy atom. The Kier molecular flexibility index (Phi) is 6.71. The number of halogens is 1. The Bertz CT molecular complexity index is 1030. The number of benzene rings is 2. The van der Waals surface area contributed by atoms with Gasteiger partial charge >= 0.3 is 0 Å². The van der Waals surface area contributed by atoms with Gasteiger partial charge in [-0.25, -0.2) is 4.39 Å². The van der Waals surface area contributed by atoms with E-state index in [2.05, 4.69) is 31.3 Å². The van der Waals surface area contributed by atoms with Crippen LogP contribution in [-0.4, -0.2) is 50.6 Å². The average molecular weight is 452 g/mol. The van der Waals surface area contributed by atoms with Gasteiger partial charge in [0, 0.05) is 56.2 Å². The van der Waals surface area contributed by atoms with Gasteiger partial charge < -0.3 is 20.4 Å². The zero-order chi connectivity index (χ0) is 22.5. The van der Waals surface area contributed by atoms with Crippen LogP contribution < -0.4 is 25.9 Å². The molecule has 0 aliphatic carbocycles. The molecule has 2 fully saturated rings. The Morgan fingerprint density at radius 1 is 1.00 bits per heavy atom. The summed E-state index contributed by atoms with van der Waals surface area (Å²) in [5.41, 5.74) is 12.0. The van der Waals surface area contributed by atoms with Crippen molar-refractivity contribution in [1.29, 1.82) is 5.26 Å². The van der Waals surface area contributed by atoms with Crippen molar-refractivity contribution in [2.24, 2.45) is 10.8 Å². The highest BCUT2D eigenvalue weighted by Crippen LogP contribution is 2.32. The minimum absolute atomic E-state index is 0.0706. The van der Waals surface area contributed by atoms with Crippen LogP contribution in [0, 0.1) is 17.1 Å². The number of hydrazone groups is 1. The van der Waals surface area contributed by atoms with E-state index in [1.54, 1.807) is 12.3 Å². The number of hydrogen-bond donors (Lipinski definition) is 2. The van der Waals surface area contributed by atoms with E-state index in [-0.39, 0.29) is 10.9 Å². The van der Waals surface area contributed by atoms with Crippen molar-refractivity contribution in [3.63, 3.8) is 0 Å². The summed E-state index contributed by atoms with van der Waals surface area (Å²) >= 11 is 4.78. The van der Waals surface area contributed by atoms with Crippen LogP contribution in [0.1, 0.15) is 24.0 Å². The SMILES string of the molecule is N#Cc1ccc(N2CCN(c3cc(N4CCCC4)c(/C=N/NC(N)=S)cc3F)CC2)cc1. The lowest BCUT2D eigenvalue weighted by Gasteiger charge is -2.38. The highest BCUT2D eigenvalue weighted by molar-refractivity contribution is 7.80. The highest BCUT2D eigenvalue weighted by atomic mass is 32.1. The second-order valence-electron chi connectivity index (χ2n) is 7.92. The quantitative estimate of drug-likeness (QED) is 0.411. The molecule has 2 aliphatic heterocycles.